The number of hydrogen-bond acceptors (Lipinski definition) is 4. The van der Waals surface area contributed by atoms with Crippen LogP contribution in [0.3, 0.4) is 0 Å². The molecule has 0 saturated carbocycles. The molecule has 0 spiro atoms. The first-order valence-electron chi connectivity index (χ1n) is 6.41. The molecule has 7 nitrogen and oxygen atoms in total. The topological polar surface area (TPSA) is 92.7 Å². The third-order valence-electron chi connectivity index (χ3n) is 3.67. The van der Waals surface area contributed by atoms with Gasteiger partial charge in [0.05, 0.1) is 11.6 Å². The Morgan fingerprint density at radius 1 is 1.55 bits per heavy atom. The number of fused-ring (bicyclic) bond motifs is 1. The van der Waals surface area contributed by atoms with Crippen LogP contribution < -0.4 is 10.9 Å². The molecule has 0 bridgehead atoms. The van der Waals surface area contributed by atoms with E-state index in [0.717, 1.165) is 12.8 Å². The van der Waals surface area contributed by atoms with Crippen LogP contribution in [0.5, 0.6) is 0 Å². The normalized spacial score (nSPS) is 21.5. The molecule has 2 heterocycles. The number of H-pyrrole nitrogens is 1. The van der Waals surface area contributed by atoms with Crippen molar-refractivity contribution in [1.82, 2.24) is 19.7 Å². The van der Waals surface area contributed by atoms with Crippen LogP contribution in [-0.4, -0.2) is 25.7 Å². The molecule has 20 heavy (non-hydrogen) atoms. The quantitative estimate of drug-likeness (QED) is 0.797. The highest BCUT2D eigenvalue weighted by Crippen LogP contribution is 2.32. The fourth-order valence-corrected chi connectivity index (χ4v) is 2.34. The van der Waals surface area contributed by atoms with Crippen molar-refractivity contribution in [2.24, 2.45) is 12.5 Å². The van der Waals surface area contributed by atoms with Gasteiger partial charge in [0.2, 0.25) is 11.9 Å². The smallest absolute Gasteiger partial charge is 0.263 e. The number of aromatic amines is 1. The highest BCUT2D eigenvalue weighted by Gasteiger charge is 2.32. The molecule has 1 aliphatic rings. The summed E-state index contributed by atoms with van der Waals surface area (Å²) in [6.45, 7) is 1.87. The summed E-state index contributed by atoms with van der Waals surface area (Å²) in [4.78, 5) is 30.9. The second-order valence-electron chi connectivity index (χ2n) is 5.23. The Morgan fingerprint density at radius 2 is 2.35 bits per heavy atom. The van der Waals surface area contributed by atoms with Crippen molar-refractivity contribution in [2.75, 3.05) is 5.32 Å². The second kappa shape index (κ2) is 4.29. The van der Waals surface area contributed by atoms with E-state index in [0.29, 0.717) is 11.0 Å². The summed E-state index contributed by atoms with van der Waals surface area (Å²) in [6, 6.07) is 0. The molecule has 0 fully saturated rings. The van der Waals surface area contributed by atoms with E-state index < -0.39 is 5.41 Å². The first-order valence-corrected chi connectivity index (χ1v) is 6.41. The lowest BCUT2D eigenvalue weighted by Crippen LogP contribution is -2.31. The molecule has 104 valence electrons. The van der Waals surface area contributed by atoms with Gasteiger partial charge >= 0.3 is 0 Å². The van der Waals surface area contributed by atoms with Gasteiger partial charge in [0.15, 0.2) is 5.65 Å². The molecule has 3 rings (SSSR count). The van der Waals surface area contributed by atoms with Crippen LogP contribution in [0.2, 0.25) is 0 Å². The van der Waals surface area contributed by atoms with Gasteiger partial charge in [-0.05, 0) is 19.8 Å². The van der Waals surface area contributed by atoms with Crippen molar-refractivity contribution in [3.8, 4) is 0 Å². The highest BCUT2D eigenvalue weighted by molar-refractivity contribution is 5.95. The molecular weight excluding hydrogens is 258 g/mol. The summed E-state index contributed by atoms with van der Waals surface area (Å²) in [5, 5.41) is 7.06. The Morgan fingerprint density at radius 3 is 3.05 bits per heavy atom. The van der Waals surface area contributed by atoms with Crippen molar-refractivity contribution in [1.29, 1.82) is 0 Å². The first kappa shape index (κ1) is 12.6. The Balaban J connectivity index is 1.95. The zero-order valence-electron chi connectivity index (χ0n) is 11.3. The van der Waals surface area contributed by atoms with E-state index in [1.807, 2.05) is 19.1 Å². The Labute approximate surface area is 114 Å². The SMILES string of the molecule is Cn1ncc2c(=O)[nH]c(NC(=O)C3(C)C=CCC3)nc21. The van der Waals surface area contributed by atoms with Crippen molar-refractivity contribution in [3.63, 3.8) is 0 Å². The first-order chi connectivity index (χ1) is 9.49. The van der Waals surface area contributed by atoms with Gasteiger partial charge in [0, 0.05) is 7.05 Å². The van der Waals surface area contributed by atoms with Gasteiger partial charge in [-0.1, -0.05) is 12.2 Å². The van der Waals surface area contributed by atoms with E-state index in [2.05, 4.69) is 20.4 Å². The Hall–Kier alpha value is -2.44. The largest absolute Gasteiger partial charge is 0.295 e. The maximum Gasteiger partial charge on any atom is 0.263 e. The number of rotatable bonds is 2. The molecule has 0 aromatic carbocycles. The third-order valence-corrected chi connectivity index (χ3v) is 3.67. The van der Waals surface area contributed by atoms with E-state index in [4.69, 9.17) is 0 Å². The molecule has 1 aliphatic carbocycles. The fraction of sp³-hybridized carbons (Fsp3) is 0.385. The van der Waals surface area contributed by atoms with Crippen LogP contribution in [0.25, 0.3) is 11.0 Å². The number of aryl methyl sites for hydroxylation is 1. The lowest BCUT2D eigenvalue weighted by atomic mass is 9.89. The zero-order valence-corrected chi connectivity index (χ0v) is 11.3. The Bertz CT molecular complexity index is 773. The minimum atomic E-state index is -0.542. The minimum Gasteiger partial charge on any atom is -0.295 e. The average molecular weight is 273 g/mol. The fourth-order valence-electron chi connectivity index (χ4n) is 2.34. The number of anilines is 1. The van der Waals surface area contributed by atoms with E-state index in [-0.39, 0.29) is 17.4 Å². The van der Waals surface area contributed by atoms with Gasteiger partial charge in [-0.2, -0.15) is 10.1 Å². The number of amides is 1. The lowest BCUT2D eigenvalue weighted by molar-refractivity contribution is -0.122. The van der Waals surface area contributed by atoms with E-state index >= 15 is 0 Å². The Kier molecular flexibility index (Phi) is 2.70. The summed E-state index contributed by atoms with van der Waals surface area (Å²) in [5.74, 6) is -0.0199. The molecule has 0 aliphatic heterocycles. The maximum atomic E-state index is 12.3. The number of hydrogen-bond donors (Lipinski definition) is 2. The van der Waals surface area contributed by atoms with Crippen LogP contribution in [0.4, 0.5) is 5.95 Å². The van der Waals surface area contributed by atoms with E-state index in [1.165, 1.54) is 10.9 Å². The molecular formula is C13H15N5O2. The van der Waals surface area contributed by atoms with Crippen LogP contribution >= 0.6 is 0 Å². The van der Waals surface area contributed by atoms with Crippen LogP contribution in [0, 0.1) is 5.41 Å². The lowest BCUT2D eigenvalue weighted by Gasteiger charge is -2.20. The molecule has 1 amide bonds. The molecule has 2 N–H and O–H groups in total. The van der Waals surface area contributed by atoms with Gasteiger partial charge < -0.3 is 0 Å². The standard InChI is InChI=1S/C13H15N5O2/c1-13(5-3-4-6-13)11(20)17-12-15-9-8(10(19)16-12)7-14-18(9)2/h3,5,7H,4,6H2,1-2H3,(H2,15,16,17,19,20). The number of allylic oxidation sites excluding steroid dienone is 1. The van der Waals surface area contributed by atoms with E-state index in [1.54, 1.807) is 7.05 Å². The molecule has 1 unspecified atom stereocenters. The molecule has 0 radical (unpaired) electrons. The summed E-state index contributed by atoms with van der Waals surface area (Å²) < 4.78 is 1.50. The van der Waals surface area contributed by atoms with Crippen molar-refractivity contribution in [3.05, 3.63) is 28.7 Å². The molecule has 0 saturated heterocycles. The number of aromatic nitrogens is 4. The van der Waals surface area contributed by atoms with Crippen LogP contribution in [0.15, 0.2) is 23.1 Å². The predicted molar refractivity (Wildman–Crippen MR) is 74.2 cm³/mol. The van der Waals surface area contributed by atoms with Gasteiger partial charge in [-0.3, -0.25) is 24.6 Å². The monoisotopic (exact) mass is 273 g/mol. The summed E-state index contributed by atoms with van der Waals surface area (Å²) in [7, 11) is 1.70. The van der Waals surface area contributed by atoms with Gasteiger partial charge in [-0.15, -0.1) is 0 Å². The molecule has 7 heteroatoms. The van der Waals surface area contributed by atoms with Gasteiger partial charge in [0.25, 0.3) is 5.56 Å². The zero-order chi connectivity index (χ0) is 14.3. The van der Waals surface area contributed by atoms with Gasteiger partial charge in [0.1, 0.15) is 5.39 Å². The van der Waals surface area contributed by atoms with Crippen molar-refractivity contribution >= 4 is 22.9 Å². The number of carbonyl (C=O) groups is 1. The van der Waals surface area contributed by atoms with Crippen LogP contribution in [-0.2, 0) is 11.8 Å². The molecule has 2 aromatic rings. The molecule has 2 aromatic heterocycles. The minimum absolute atomic E-state index is 0.151. The number of nitrogens with zero attached hydrogens (tertiary/aromatic N) is 3. The number of nitrogens with one attached hydrogen (secondary N) is 2. The molecule has 1 atom stereocenters. The van der Waals surface area contributed by atoms with Crippen molar-refractivity contribution in [2.45, 2.75) is 19.8 Å². The summed E-state index contributed by atoms with van der Waals surface area (Å²) in [6.07, 6.45) is 6.97. The van der Waals surface area contributed by atoms with E-state index in [9.17, 15) is 9.59 Å². The summed E-state index contributed by atoms with van der Waals surface area (Å²) >= 11 is 0. The predicted octanol–water partition coefficient (Wildman–Crippen LogP) is 0.951. The van der Waals surface area contributed by atoms with Gasteiger partial charge in [-0.25, -0.2) is 0 Å². The van der Waals surface area contributed by atoms with Crippen molar-refractivity contribution < 1.29 is 4.79 Å². The average Bonchev–Trinajstić information content (AvgIpc) is 2.98. The number of carbonyl (C=O) groups excluding carboxylic acids is 1. The second-order valence-corrected chi connectivity index (χ2v) is 5.23. The van der Waals surface area contributed by atoms with Crippen LogP contribution in [0.1, 0.15) is 19.8 Å². The summed E-state index contributed by atoms with van der Waals surface area (Å²) in [5.41, 5.74) is -0.415. The highest BCUT2D eigenvalue weighted by atomic mass is 16.2. The third kappa shape index (κ3) is 1.91. The maximum absolute atomic E-state index is 12.3.